The number of nitrogen functional groups attached to an aromatic ring is 1. The summed E-state index contributed by atoms with van der Waals surface area (Å²) in [5, 5.41) is 0.667. The van der Waals surface area contributed by atoms with Gasteiger partial charge in [0, 0.05) is 10.6 Å². The molecule has 10 heteroatoms. The van der Waals surface area contributed by atoms with E-state index in [1.54, 1.807) is 24.4 Å². The number of aromatic nitrogens is 4. The highest BCUT2D eigenvalue weighted by molar-refractivity contribution is 7.98. The van der Waals surface area contributed by atoms with Gasteiger partial charge in [-0.3, -0.25) is 0 Å². The molecule has 0 fully saturated rings. The third kappa shape index (κ3) is 3.98. The Morgan fingerprint density at radius 1 is 1.25 bits per heavy atom. The highest BCUT2D eigenvalue weighted by Gasteiger charge is 2.15. The Kier molecular flexibility index (Phi) is 4.91. The van der Waals surface area contributed by atoms with Crippen molar-refractivity contribution in [3.8, 4) is 11.3 Å². The normalized spacial score (nSPS) is 11.2. The van der Waals surface area contributed by atoms with E-state index in [9.17, 15) is 8.78 Å². The van der Waals surface area contributed by atoms with Crippen LogP contribution in [0.15, 0.2) is 40.0 Å². The summed E-state index contributed by atoms with van der Waals surface area (Å²) in [6.07, 6.45) is -1.25. The number of hydrogen-bond donors (Lipinski definition) is 1. The molecule has 0 amide bonds. The summed E-state index contributed by atoms with van der Waals surface area (Å²) >= 11 is 7.01. The molecule has 0 aliphatic rings. The Hall–Kier alpha value is -2.26. The van der Waals surface area contributed by atoms with Crippen LogP contribution in [0.25, 0.3) is 11.3 Å². The molecule has 2 N–H and O–H groups in total. The number of halogens is 3. The largest absolute Gasteiger partial charge is 0.440 e. The van der Waals surface area contributed by atoms with Gasteiger partial charge in [0.2, 0.25) is 17.7 Å². The number of nitrogens with zero attached hydrogens (tertiary/aromatic N) is 4. The molecular weight excluding hydrogens is 360 g/mol. The van der Waals surface area contributed by atoms with Gasteiger partial charge in [-0.2, -0.15) is 9.97 Å². The minimum absolute atomic E-state index is 0.0836. The van der Waals surface area contributed by atoms with Crippen molar-refractivity contribution in [2.75, 3.05) is 5.73 Å². The summed E-state index contributed by atoms with van der Waals surface area (Å²) in [4.78, 5) is 15.0. The van der Waals surface area contributed by atoms with Gasteiger partial charge in [0.25, 0.3) is 6.43 Å². The Bertz CT molecular complexity index is 861. The van der Waals surface area contributed by atoms with E-state index in [1.165, 1.54) is 0 Å². The number of thioether (sulfide) groups is 1. The monoisotopic (exact) mass is 369 g/mol. The first kappa shape index (κ1) is 16.6. The number of benzene rings is 1. The average Bonchev–Trinajstić information content (AvgIpc) is 3.01. The zero-order valence-electron chi connectivity index (χ0n) is 12.0. The number of rotatable bonds is 5. The summed E-state index contributed by atoms with van der Waals surface area (Å²) in [6.45, 7) is 0. The molecule has 124 valence electrons. The summed E-state index contributed by atoms with van der Waals surface area (Å²) in [7, 11) is 0. The lowest BCUT2D eigenvalue weighted by molar-refractivity contribution is 0.139. The van der Waals surface area contributed by atoms with Gasteiger partial charge in [0.05, 0.1) is 11.9 Å². The van der Waals surface area contributed by atoms with Gasteiger partial charge in [-0.1, -0.05) is 35.5 Å². The molecule has 24 heavy (non-hydrogen) atoms. The van der Waals surface area contributed by atoms with Crippen LogP contribution in [0.1, 0.15) is 18.1 Å². The highest BCUT2D eigenvalue weighted by Crippen LogP contribution is 2.26. The summed E-state index contributed by atoms with van der Waals surface area (Å²) in [6, 6.07) is 7.14. The first-order valence-electron chi connectivity index (χ1n) is 6.64. The van der Waals surface area contributed by atoms with Crippen molar-refractivity contribution >= 4 is 29.3 Å². The second kappa shape index (κ2) is 7.10. The van der Waals surface area contributed by atoms with Gasteiger partial charge in [0.15, 0.2) is 10.9 Å². The van der Waals surface area contributed by atoms with E-state index in [0.29, 0.717) is 16.7 Å². The van der Waals surface area contributed by atoms with Crippen LogP contribution < -0.4 is 5.73 Å². The molecule has 0 bridgehead atoms. The Morgan fingerprint density at radius 2 is 2.08 bits per heavy atom. The standard InChI is InChI=1S/C14H10ClF2N5OS/c15-8-3-1-2-7(4-8)9-5-19-10(23-9)6-24-14-21-12(11(16)17)20-13(18)22-14/h1-5,11H,6H2,(H2,18,20,21,22). The van der Waals surface area contributed by atoms with E-state index in [4.69, 9.17) is 21.8 Å². The summed E-state index contributed by atoms with van der Waals surface area (Å²) < 4.78 is 30.9. The van der Waals surface area contributed by atoms with Crippen molar-refractivity contribution in [3.05, 3.63) is 47.2 Å². The maximum atomic E-state index is 12.7. The lowest BCUT2D eigenvalue weighted by Crippen LogP contribution is -2.04. The van der Waals surface area contributed by atoms with Crippen LogP contribution in [0.2, 0.25) is 5.02 Å². The van der Waals surface area contributed by atoms with E-state index in [2.05, 4.69) is 19.9 Å². The first-order chi connectivity index (χ1) is 11.5. The van der Waals surface area contributed by atoms with E-state index in [0.717, 1.165) is 17.3 Å². The van der Waals surface area contributed by atoms with Crippen molar-refractivity contribution in [2.45, 2.75) is 17.3 Å². The lowest BCUT2D eigenvalue weighted by Gasteiger charge is -2.02. The fourth-order valence-electron chi connectivity index (χ4n) is 1.83. The van der Waals surface area contributed by atoms with E-state index in [-0.39, 0.29) is 16.9 Å². The van der Waals surface area contributed by atoms with Gasteiger partial charge in [-0.05, 0) is 12.1 Å². The number of nitrogens with two attached hydrogens (primary N) is 1. The number of oxazole rings is 1. The predicted octanol–water partition coefficient (Wildman–Crippen LogP) is 3.99. The van der Waals surface area contributed by atoms with Crippen LogP contribution in [0.5, 0.6) is 0 Å². The SMILES string of the molecule is Nc1nc(SCc2ncc(-c3cccc(Cl)c3)o2)nc(C(F)F)n1. The molecule has 0 unspecified atom stereocenters. The molecule has 0 radical (unpaired) electrons. The van der Waals surface area contributed by atoms with Gasteiger partial charge in [-0.25, -0.2) is 18.7 Å². The molecule has 6 nitrogen and oxygen atoms in total. The number of alkyl halides is 2. The smallest absolute Gasteiger partial charge is 0.297 e. The van der Waals surface area contributed by atoms with Crippen LogP contribution >= 0.6 is 23.4 Å². The van der Waals surface area contributed by atoms with Gasteiger partial charge < -0.3 is 10.2 Å². The molecule has 2 heterocycles. The fraction of sp³-hybridized carbons (Fsp3) is 0.143. The first-order valence-corrected chi connectivity index (χ1v) is 8.00. The molecule has 0 saturated heterocycles. The van der Waals surface area contributed by atoms with E-state index >= 15 is 0 Å². The summed E-state index contributed by atoms with van der Waals surface area (Å²) in [5.74, 6) is 0.295. The Morgan fingerprint density at radius 3 is 2.83 bits per heavy atom. The maximum absolute atomic E-state index is 12.7. The van der Waals surface area contributed by atoms with Crippen molar-refractivity contribution in [1.29, 1.82) is 0 Å². The molecular formula is C14H10ClF2N5OS. The Balaban J connectivity index is 1.72. The van der Waals surface area contributed by atoms with Crippen LogP contribution in [-0.4, -0.2) is 19.9 Å². The highest BCUT2D eigenvalue weighted by atomic mass is 35.5. The maximum Gasteiger partial charge on any atom is 0.297 e. The van der Waals surface area contributed by atoms with Crippen LogP contribution in [0.4, 0.5) is 14.7 Å². The predicted molar refractivity (Wildman–Crippen MR) is 85.7 cm³/mol. The minimum Gasteiger partial charge on any atom is -0.440 e. The van der Waals surface area contributed by atoms with Crippen molar-refractivity contribution in [1.82, 2.24) is 19.9 Å². The Labute approximate surface area is 144 Å². The van der Waals surface area contributed by atoms with Gasteiger partial charge in [-0.15, -0.1) is 0 Å². The van der Waals surface area contributed by atoms with Crippen molar-refractivity contribution in [2.24, 2.45) is 0 Å². The van der Waals surface area contributed by atoms with Crippen molar-refractivity contribution < 1.29 is 13.2 Å². The van der Waals surface area contributed by atoms with E-state index in [1.807, 2.05) is 6.07 Å². The molecule has 2 aromatic heterocycles. The summed E-state index contributed by atoms with van der Waals surface area (Å²) in [5.41, 5.74) is 6.19. The molecule has 3 rings (SSSR count). The van der Waals surface area contributed by atoms with E-state index < -0.39 is 12.2 Å². The topological polar surface area (TPSA) is 90.7 Å². The quantitative estimate of drug-likeness (QED) is 0.680. The molecule has 0 aliphatic carbocycles. The van der Waals surface area contributed by atoms with Crippen molar-refractivity contribution in [3.63, 3.8) is 0 Å². The van der Waals surface area contributed by atoms with Crippen LogP contribution in [-0.2, 0) is 5.75 Å². The number of hydrogen-bond acceptors (Lipinski definition) is 7. The van der Waals surface area contributed by atoms with Crippen LogP contribution in [0, 0.1) is 0 Å². The third-order valence-corrected chi connectivity index (χ3v) is 3.90. The molecule has 0 saturated carbocycles. The molecule has 0 aliphatic heterocycles. The third-order valence-electron chi connectivity index (χ3n) is 2.83. The average molecular weight is 370 g/mol. The number of anilines is 1. The molecule has 1 aromatic carbocycles. The molecule has 0 spiro atoms. The molecule has 3 aromatic rings. The zero-order valence-corrected chi connectivity index (χ0v) is 13.6. The second-order valence-corrected chi connectivity index (χ2v) is 5.93. The minimum atomic E-state index is -2.81. The van der Waals surface area contributed by atoms with Gasteiger partial charge in [0.1, 0.15) is 0 Å². The van der Waals surface area contributed by atoms with Crippen LogP contribution in [0.3, 0.4) is 0 Å². The fourth-order valence-corrected chi connectivity index (χ4v) is 2.72. The zero-order chi connectivity index (χ0) is 17.1. The molecule has 0 atom stereocenters. The van der Waals surface area contributed by atoms with Gasteiger partial charge >= 0.3 is 0 Å². The second-order valence-electron chi connectivity index (χ2n) is 4.55. The lowest BCUT2D eigenvalue weighted by atomic mass is 10.2.